The molecular weight excluding hydrogens is 268 g/mol. The molecule has 0 atom stereocenters. The lowest BCUT2D eigenvalue weighted by atomic mass is 10.0. The van der Waals surface area contributed by atoms with Gasteiger partial charge in [0.15, 0.2) is 5.78 Å². The summed E-state index contributed by atoms with van der Waals surface area (Å²) in [5.74, 6) is 5.90. The lowest BCUT2D eigenvalue weighted by molar-refractivity contribution is 0.101. The Hall–Kier alpha value is -1.99. The van der Waals surface area contributed by atoms with Crippen molar-refractivity contribution >= 4 is 5.78 Å². The van der Waals surface area contributed by atoms with E-state index >= 15 is 0 Å². The number of phenols is 1. The quantitative estimate of drug-likeness (QED) is 0.460. The van der Waals surface area contributed by atoms with Crippen LogP contribution >= 0.6 is 0 Å². The number of phenolic OH excluding ortho intramolecular Hbond substituents is 1. The minimum Gasteiger partial charge on any atom is -0.507 e. The largest absolute Gasteiger partial charge is 0.507 e. The topological polar surface area (TPSA) is 66.8 Å². The molecule has 21 heavy (non-hydrogen) atoms. The normalized spacial score (nSPS) is 9.86. The van der Waals surface area contributed by atoms with Gasteiger partial charge in [-0.3, -0.25) is 4.79 Å². The molecule has 0 aliphatic rings. The standard InChI is InChI=1S/C17H22O4/c1-3-8-15-16(21-12-7-5-4-6-11-18)10-9-14(13(2)19)17(15)20/h9-10,18,20H,3,5,7-8,11-12H2,1-2H3. The first-order valence-electron chi connectivity index (χ1n) is 7.17. The van der Waals surface area contributed by atoms with E-state index in [1.165, 1.54) is 6.92 Å². The van der Waals surface area contributed by atoms with Crippen molar-refractivity contribution in [2.45, 2.75) is 39.5 Å². The lowest BCUT2D eigenvalue weighted by Crippen LogP contribution is -2.03. The average Bonchev–Trinajstić information content (AvgIpc) is 2.45. The Morgan fingerprint density at radius 2 is 2.10 bits per heavy atom. The molecule has 0 radical (unpaired) electrons. The molecule has 0 saturated carbocycles. The van der Waals surface area contributed by atoms with Crippen LogP contribution in [0.25, 0.3) is 0 Å². The van der Waals surface area contributed by atoms with Gasteiger partial charge >= 0.3 is 0 Å². The van der Waals surface area contributed by atoms with Crippen LogP contribution < -0.4 is 4.74 Å². The van der Waals surface area contributed by atoms with E-state index in [0.717, 1.165) is 12.8 Å². The van der Waals surface area contributed by atoms with Crippen LogP contribution in [0.2, 0.25) is 0 Å². The summed E-state index contributed by atoms with van der Waals surface area (Å²) in [6, 6.07) is 3.33. The third kappa shape index (κ3) is 5.13. The summed E-state index contributed by atoms with van der Waals surface area (Å²) in [7, 11) is 0. The van der Waals surface area contributed by atoms with Crippen molar-refractivity contribution < 1.29 is 19.7 Å². The van der Waals surface area contributed by atoms with Crippen molar-refractivity contribution in [3.8, 4) is 23.3 Å². The molecule has 0 bridgehead atoms. The van der Waals surface area contributed by atoms with Crippen molar-refractivity contribution in [3.05, 3.63) is 23.3 Å². The number of carbonyl (C=O) groups excluding carboxylic acids is 1. The number of benzene rings is 1. The molecule has 0 aliphatic heterocycles. The molecule has 0 unspecified atom stereocenters. The number of unbranched alkanes of at least 4 members (excludes halogenated alkanes) is 1. The van der Waals surface area contributed by atoms with Gasteiger partial charge in [0.25, 0.3) is 0 Å². The number of carbonyl (C=O) groups is 1. The molecule has 0 amide bonds. The van der Waals surface area contributed by atoms with Crippen LogP contribution in [0.5, 0.6) is 11.5 Å². The highest BCUT2D eigenvalue weighted by atomic mass is 16.5. The summed E-state index contributed by atoms with van der Waals surface area (Å²) < 4.78 is 5.68. The van der Waals surface area contributed by atoms with Crippen molar-refractivity contribution in [3.63, 3.8) is 0 Å². The van der Waals surface area contributed by atoms with Crippen LogP contribution in [-0.4, -0.2) is 29.2 Å². The summed E-state index contributed by atoms with van der Waals surface area (Å²) >= 11 is 0. The Morgan fingerprint density at radius 3 is 2.71 bits per heavy atom. The number of aliphatic hydroxyl groups excluding tert-OH is 1. The fourth-order valence-electron chi connectivity index (χ4n) is 2.02. The number of ketones is 1. The number of Topliss-reactive ketones (excluding diaryl/α,β-unsaturated/α-hetero) is 1. The summed E-state index contributed by atoms with van der Waals surface area (Å²) in [6.07, 6.45) is 2.91. The number of hydrogen-bond acceptors (Lipinski definition) is 4. The lowest BCUT2D eigenvalue weighted by Gasteiger charge is -2.14. The van der Waals surface area contributed by atoms with Crippen LogP contribution in [0, 0.1) is 11.8 Å². The Balaban J connectivity index is 2.77. The van der Waals surface area contributed by atoms with Gasteiger partial charge in [0.2, 0.25) is 0 Å². The molecule has 0 heterocycles. The number of aliphatic hydroxyl groups is 1. The highest BCUT2D eigenvalue weighted by Gasteiger charge is 2.15. The maximum Gasteiger partial charge on any atom is 0.163 e. The second kappa shape index (κ2) is 9.04. The van der Waals surface area contributed by atoms with Gasteiger partial charge in [-0.05, 0) is 31.9 Å². The molecule has 4 nitrogen and oxygen atoms in total. The van der Waals surface area contributed by atoms with E-state index in [1.807, 2.05) is 6.92 Å². The van der Waals surface area contributed by atoms with Gasteiger partial charge in [0.05, 0.1) is 12.2 Å². The average molecular weight is 290 g/mol. The van der Waals surface area contributed by atoms with Crippen LogP contribution in [0.4, 0.5) is 0 Å². The van der Waals surface area contributed by atoms with E-state index in [4.69, 9.17) is 9.84 Å². The molecule has 1 aromatic rings. The summed E-state index contributed by atoms with van der Waals surface area (Å²) in [4.78, 5) is 11.5. The van der Waals surface area contributed by atoms with Crippen LogP contribution in [-0.2, 0) is 6.42 Å². The van der Waals surface area contributed by atoms with Crippen LogP contribution in [0.15, 0.2) is 12.1 Å². The predicted molar refractivity (Wildman–Crippen MR) is 81.7 cm³/mol. The minimum absolute atomic E-state index is 0.0296. The molecule has 0 aromatic heterocycles. The van der Waals surface area contributed by atoms with Gasteiger partial charge < -0.3 is 14.9 Å². The van der Waals surface area contributed by atoms with E-state index in [1.54, 1.807) is 12.1 Å². The monoisotopic (exact) mass is 290 g/mol. The predicted octanol–water partition coefficient (Wildman–Crippen LogP) is 2.70. The molecule has 0 fully saturated rings. The van der Waals surface area contributed by atoms with Crippen LogP contribution in [0.1, 0.15) is 49.0 Å². The molecule has 0 spiro atoms. The smallest absolute Gasteiger partial charge is 0.163 e. The van der Waals surface area contributed by atoms with Crippen molar-refractivity contribution in [1.29, 1.82) is 0 Å². The van der Waals surface area contributed by atoms with Crippen molar-refractivity contribution in [1.82, 2.24) is 0 Å². The molecular formula is C17H22O4. The number of ether oxygens (including phenoxy) is 1. The maximum absolute atomic E-state index is 11.5. The van der Waals surface area contributed by atoms with Gasteiger partial charge in [0.1, 0.15) is 18.1 Å². The summed E-state index contributed by atoms with van der Waals surface area (Å²) in [5.41, 5.74) is 1.02. The van der Waals surface area contributed by atoms with Crippen molar-refractivity contribution in [2.24, 2.45) is 0 Å². The molecule has 4 heteroatoms. The fraction of sp³-hybridized carbons (Fsp3) is 0.471. The van der Waals surface area contributed by atoms with E-state index in [-0.39, 0.29) is 18.1 Å². The Kier molecular flexibility index (Phi) is 7.34. The van der Waals surface area contributed by atoms with Crippen molar-refractivity contribution in [2.75, 3.05) is 13.2 Å². The molecule has 114 valence electrons. The van der Waals surface area contributed by atoms with E-state index in [2.05, 4.69) is 11.8 Å². The zero-order valence-corrected chi connectivity index (χ0v) is 12.6. The van der Waals surface area contributed by atoms with Gasteiger partial charge in [-0.1, -0.05) is 19.3 Å². The highest BCUT2D eigenvalue weighted by molar-refractivity contribution is 5.97. The second-order valence-corrected chi connectivity index (χ2v) is 4.71. The second-order valence-electron chi connectivity index (χ2n) is 4.71. The first-order valence-corrected chi connectivity index (χ1v) is 7.17. The van der Waals surface area contributed by atoms with Gasteiger partial charge in [0, 0.05) is 12.0 Å². The molecule has 0 aliphatic carbocycles. The molecule has 1 aromatic carbocycles. The fourth-order valence-corrected chi connectivity index (χ4v) is 2.02. The Bertz CT molecular complexity index is 538. The van der Waals surface area contributed by atoms with Gasteiger partial charge in [-0.2, -0.15) is 0 Å². The number of hydrogen-bond donors (Lipinski definition) is 2. The summed E-state index contributed by atoms with van der Waals surface area (Å²) in [6.45, 7) is 3.80. The van der Waals surface area contributed by atoms with Crippen LogP contribution in [0.3, 0.4) is 0 Å². The minimum atomic E-state index is -0.157. The molecule has 0 saturated heterocycles. The van der Waals surface area contributed by atoms with Gasteiger partial charge in [-0.25, -0.2) is 0 Å². The van der Waals surface area contributed by atoms with E-state index in [9.17, 15) is 9.90 Å². The summed E-state index contributed by atoms with van der Waals surface area (Å²) in [5, 5.41) is 18.7. The third-order valence-electron chi connectivity index (χ3n) is 3.03. The van der Waals surface area contributed by atoms with E-state index in [0.29, 0.717) is 36.3 Å². The number of aromatic hydroxyl groups is 1. The zero-order chi connectivity index (χ0) is 15.7. The highest BCUT2D eigenvalue weighted by Crippen LogP contribution is 2.33. The molecule has 2 N–H and O–H groups in total. The number of rotatable bonds is 7. The van der Waals surface area contributed by atoms with E-state index < -0.39 is 0 Å². The third-order valence-corrected chi connectivity index (χ3v) is 3.03. The first-order chi connectivity index (χ1) is 10.1. The Morgan fingerprint density at radius 1 is 1.33 bits per heavy atom. The zero-order valence-electron chi connectivity index (χ0n) is 12.6. The SMILES string of the molecule is CCCc1c(OCCCC#CCO)ccc(C(C)=O)c1O. The first kappa shape index (κ1) is 17.1. The molecule has 1 rings (SSSR count). The maximum atomic E-state index is 11.5. The Labute approximate surface area is 125 Å². The van der Waals surface area contributed by atoms with Gasteiger partial charge in [-0.15, -0.1) is 5.92 Å².